The van der Waals surface area contributed by atoms with Crippen molar-refractivity contribution in [3.05, 3.63) is 41.6 Å². The van der Waals surface area contributed by atoms with Gasteiger partial charge in [-0.2, -0.15) is 10.2 Å². The van der Waals surface area contributed by atoms with Gasteiger partial charge in [0, 0.05) is 44.1 Å². The highest BCUT2D eigenvalue weighted by molar-refractivity contribution is 6.30. The van der Waals surface area contributed by atoms with Gasteiger partial charge in [-0.15, -0.1) is 0 Å². The van der Waals surface area contributed by atoms with E-state index in [9.17, 15) is 0 Å². The van der Waals surface area contributed by atoms with Gasteiger partial charge in [0.05, 0.1) is 16.9 Å². The Kier molecular flexibility index (Phi) is 2.85. The van der Waals surface area contributed by atoms with Crippen LogP contribution in [0.5, 0.6) is 0 Å². The van der Waals surface area contributed by atoms with Crippen LogP contribution in [-0.2, 0) is 6.54 Å². The van der Waals surface area contributed by atoms with Crippen LogP contribution in [0.15, 0.2) is 30.9 Å². The zero-order valence-corrected chi connectivity index (χ0v) is 12.4. The largest absolute Gasteiger partial charge is 0.354 e. The molecule has 6 nitrogen and oxygen atoms in total. The summed E-state index contributed by atoms with van der Waals surface area (Å²) in [6.45, 7) is 4.85. The molecule has 1 aliphatic heterocycles. The van der Waals surface area contributed by atoms with E-state index in [0.29, 0.717) is 10.9 Å². The lowest BCUT2D eigenvalue weighted by molar-refractivity contribution is 0.341. The number of halogens is 1. The highest BCUT2D eigenvalue weighted by atomic mass is 35.5. The second-order valence-electron chi connectivity index (χ2n) is 5.52. The molecule has 0 atom stereocenters. The predicted octanol–water partition coefficient (Wildman–Crippen LogP) is 2.02. The molecule has 0 radical (unpaired) electrons. The summed E-state index contributed by atoms with van der Waals surface area (Å²) in [4.78, 5) is 6.79. The molecule has 21 heavy (non-hydrogen) atoms. The van der Waals surface area contributed by atoms with Gasteiger partial charge in [0.2, 0.25) is 0 Å². The molecule has 4 heterocycles. The molecule has 0 spiro atoms. The first-order valence-corrected chi connectivity index (χ1v) is 7.31. The minimum absolute atomic E-state index is 0.576. The quantitative estimate of drug-likeness (QED) is 0.743. The highest BCUT2D eigenvalue weighted by Gasteiger charge is 2.29. The molecule has 108 valence electrons. The number of hydrogen-bond donors (Lipinski definition) is 0. The van der Waals surface area contributed by atoms with Crippen LogP contribution in [-0.4, -0.2) is 37.5 Å². The van der Waals surface area contributed by atoms with Gasteiger partial charge in [0.25, 0.3) is 0 Å². The maximum atomic E-state index is 5.88. The Bertz CT molecular complexity index is 786. The van der Waals surface area contributed by atoms with E-state index >= 15 is 0 Å². The third-order valence-electron chi connectivity index (χ3n) is 3.80. The van der Waals surface area contributed by atoms with Gasteiger partial charge in [0.15, 0.2) is 5.82 Å². The molecule has 7 heteroatoms. The summed E-state index contributed by atoms with van der Waals surface area (Å²) in [5.74, 6) is 1.58. The van der Waals surface area contributed by atoms with E-state index in [4.69, 9.17) is 11.6 Å². The first-order valence-electron chi connectivity index (χ1n) is 6.93. The van der Waals surface area contributed by atoms with Crippen LogP contribution >= 0.6 is 11.6 Å². The monoisotopic (exact) mass is 302 g/mol. The van der Waals surface area contributed by atoms with E-state index in [1.807, 2.05) is 28.5 Å². The van der Waals surface area contributed by atoms with E-state index in [0.717, 1.165) is 36.7 Å². The van der Waals surface area contributed by atoms with Crippen molar-refractivity contribution in [2.75, 3.05) is 18.0 Å². The number of aromatic nitrogens is 5. The fraction of sp³-hybridized carbons (Fsp3) is 0.357. The SMILES string of the molecule is Cc1cc2c(N3CC(Cn4cc(Cl)cn4)C3)nccn2n1. The first-order chi connectivity index (χ1) is 10.2. The molecule has 0 bridgehead atoms. The van der Waals surface area contributed by atoms with E-state index < -0.39 is 0 Å². The molecule has 0 saturated carbocycles. The smallest absolute Gasteiger partial charge is 0.154 e. The molecule has 1 aliphatic rings. The molecular formula is C14H15ClN6. The van der Waals surface area contributed by atoms with Crippen molar-refractivity contribution in [2.24, 2.45) is 5.92 Å². The summed E-state index contributed by atoms with van der Waals surface area (Å²) in [7, 11) is 0. The Balaban J connectivity index is 1.49. The van der Waals surface area contributed by atoms with Crippen LogP contribution in [0.4, 0.5) is 5.82 Å². The lowest BCUT2D eigenvalue weighted by atomic mass is 10.0. The number of anilines is 1. The van der Waals surface area contributed by atoms with Crippen LogP contribution in [0.2, 0.25) is 5.02 Å². The molecule has 0 aromatic carbocycles. The maximum absolute atomic E-state index is 5.88. The van der Waals surface area contributed by atoms with Gasteiger partial charge in [-0.25, -0.2) is 9.50 Å². The summed E-state index contributed by atoms with van der Waals surface area (Å²) in [5, 5.41) is 9.34. The van der Waals surface area contributed by atoms with Crippen molar-refractivity contribution in [2.45, 2.75) is 13.5 Å². The molecule has 4 rings (SSSR count). The Hall–Kier alpha value is -2.08. The Morgan fingerprint density at radius 1 is 1.38 bits per heavy atom. The average Bonchev–Trinajstić information content (AvgIpc) is 2.98. The van der Waals surface area contributed by atoms with E-state index in [1.54, 1.807) is 12.4 Å². The fourth-order valence-electron chi connectivity index (χ4n) is 2.84. The predicted molar refractivity (Wildman–Crippen MR) is 80.7 cm³/mol. The van der Waals surface area contributed by atoms with Gasteiger partial charge in [-0.1, -0.05) is 11.6 Å². The van der Waals surface area contributed by atoms with Crippen LogP contribution in [0.25, 0.3) is 5.52 Å². The number of rotatable bonds is 3. The fourth-order valence-corrected chi connectivity index (χ4v) is 2.99. The van der Waals surface area contributed by atoms with Crippen molar-refractivity contribution in [3.63, 3.8) is 0 Å². The molecule has 0 amide bonds. The second kappa shape index (κ2) is 4.73. The normalized spacial score (nSPS) is 15.6. The van der Waals surface area contributed by atoms with Crippen molar-refractivity contribution in [1.82, 2.24) is 24.4 Å². The first kappa shape index (κ1) is 12.6. The van der Waals surface area contributed by atoms with Gasteiger partial charge >= 0.3 is 0 Å². The van der Waals surface area contributed by atoms with E-state index in [-0.39, 0.29) is 0 Å². The van der Waals surface area contributed by atoms with Crippen LogP contribution in [0.1, 0.15) is 5.69 Å². The maximum Gasteiger partial charge on any atom is 0.154 e. The third-order valence-corrected chi connectivity index (χ3v) is 3.99. The topological polar surface area (TPSA) is 51.2 Å². The summed E-state index contributed by atoms with van der Waals surface area (Å²) in [6.07, 6.45) is 7.23. The molecule has 0 unspecified atom stereocenters. The number of hydrogen-bond acceptors (Lipinski definition) is 4. The van der Waals surface area contributed by atoms with Gasteiger partial charge in [0.1, 0.15) is 5.52 Å². The van der Waals surface area contributed by atoms with Crippen molar-refractivity contribution < 1.29 is 0 Å². The lowest BCUT2D eigenvalue weighted by Crippen LogP contribution is -2.49. The zero-order valence-electron chi connectivity index (χ0n) is 11.6. The lowest BCUT2D eigenvalue weighted by Gasteiger charge is -2.40. The number of aryl methyl sites for hydroxylation is 1. The van der Waals surface area contributed by atoms with Crippen molar-refractivity contribution >= 4 is 22.9 Å². The summed E-state index contributed by atoms with van der Waals surface area (Å²) < 4.78 is 3.79. The van der Waals surface area contributed by atoms with Crippen LogP contribution in [0, 0.1) is 12.8 Å². The summed E-state index contributed by atoms with van der Waals surface area (Å²) >= 11 is 5.88. The van der Waals surface area contributed by atoms with E-state index in [2.05, 4.69) is 26.1 Å². The molecule has 3 aromatic rings. The van der Waals surface area contributed by atoms with Crippen molar-refractivity contribution in [1.29, 1.82) is 0 Å². The summed E-state index contributed by atoms with van der Waals surface area (Å²) in [6, 6.07) is 2.07. The van der Waals surface area contributed by atoms with Gasteiger partial charge in [-0.3, -0.25) is 4.68 Å². The van der Waals surface area contributed by atoms with Gasteiger partial charge < -0.3 is 4.90 Å². The van der Waals surface area contributed by atoms with Crippen LogP contribution < -0.4 is 4.90 Å². The van der Waals surface area contributed by atoms with Crippen LogP contribution in [0.3, 0.4) is 0 Å². The zero-order chi connectivity index (χ0) is 14.4. The van der Waals surface area contributed by atoms with Gasteiger partial charge in [-0.05, 0) is 13.0 Å². The summed E-state index contributed by atoms with van der Waals surface area (Å²) in [5.41, 5.74) is 2.07. The number of fused-ring (bicyclic) bond motifs is 1. The van der Waals surface area contributed by atoms with E-state index in [1.165, 1.54) is 0 Å². The third kappa shape index (κ3) is 2.25. The molecule has 0 N–H and O–H groups in total. The Morgan fingerprint density at radius 3 is 3.00 bits per heavy atom. The molecule has 3 aromatic heterocycles. The minimum atomic E-state index is 0.576. The Morgan fingerprint density at radius 2 is 2.24 bits per heavy atom. The standard InChI is InChI=1S/C14H15ClN6/c1-10-4-13-14(16-2-3-21(13)18-10)19-6-11(7-19)8-20-9-12(15)5-17-20/h2-5,9,11H,6-8H2,1H3. The number of nitrogens with zero attached hydrogens (tertiary/aromatic N) is 6. The molecular weight excluding hydrogens is 288 g/mol. The van der Waals surface area contributed by atoms with Crippen molar-refractivity contribution in [3.8, 4) is 0 Å². The highest BCUT2D eigenvalue weighted by Crippen LogP contribution is 2.27. The molecule has 0 aliphatic carbocycles. The molecule has 1 saturated heterocycles. The average molecular weight is 303 g/mol. The minimum Gasteiger partial charge on any atom is -0.354 e. The second-order valence-corrected chi connectivity index (χ2v) is 5.95. The Labute approximate surface area is 127 Å². The molecule has 1 fully saturated rings.